The summed E-state index contributed by atoms with van der Waals surface area (Å²) in [7, 11) is 0. The maximum atomic E-state index is 12.4. The summed E-state index contributed by atoms with van der Waals surface area (Å²) < 4.78 is 11.6. The lowest BCUT2D eigenvalue weighted by Crippen LogP contribution is -2.17. The number of rotatable bonds is 4. The van der Waals surface area contributed by atoms with Crippen molar-refractivity contribution in [1.29, 1.82) is 5.26 Å². The highest BCUT2D eigenvalue weighted by molar-refractivity contribution is 9.12. The lowest BCUT2D eigenvalue weighted by atomic mass is 10.2. The molecule has 0 saturated heterocycles. The van der Waals surface area contributed by atoms with E-state index in [-0.39, 0.29) is 5.57 Å². The minimum Gasteiger partial charge on any atom is -0.486 e. The first-order valence-electron chi connectivity index (χ1n) is 7.91. The summed E-state index contributed by atoms with van der Waals surface area (Å²) in [4.78, 5) is 12.4. The van der Waals surface area contributed by atoms with Gasteiger partial charge in [0.1, 0.15) is 24.9 Å². The normalized spacial score (nSPS) is 13.7. The molecular weight excluding hydrogens is 396 g/mol. The molecule has 0 fully saturated rings. The average molecular weight is 411 g/mol. The summed E-state index contributed by atoms with van der Waals surface area (Å²) in [6, 6.07) is 16.6. The fourth-order valence-corrected chi connectivity index (χ4v) is 2.85. The van der Waals surface area contributed by atoms with Gasteiger partial charge < -0.3 is 14.8 Å². The molecule has 0 aromatic heterocycles. The number of amides is 1. The number of anilines is 1. The fraction of sp³-hybridized carbons (Fsp3) is 0.100. The van der Waals surface area contributed by atoms with Gasteiger partial charge in [-0.15, -0.1) is 0 Å². The molecule has 0 spiro atoms. The van der Waals surface area contributed by atoms with Crippen molar-refractivity contribution >= 4 is 33.6 Å². The van der Waals surface area contributed by atoms with Crippen molar-refractivity contribution < 1.29 is 14.3 Å². The first-order valence-corrected chi connectivity index (χ1v) is 8.70. The Labute approximate surface area is 159 Å². The third-order valence-electron chi connectivity index (χ3n) is 3.55. The number of carbonyl (C=O) groups excluding carboxylic acids is 1. The van der Waals surface area contributed by atoms with Gasteiger partial charge in [0, 0.05) is 16.2 Å². The summed E-state index contributed by atoms with van der Waals surface area (Å²) in [6.07, 6.45) is 3.31. The van der Waals surface area contributed by atoms with Gasteiger partial charge in [-0.3, -0.25) is 4.79 Å². The molecule has 1 heterocycles. The van der Waals surface area contributed by atoms with Crippen molar-refractivity contribution in [3.63, 3.8) is 0 Å². The SMILES string of the molecule is N#C/C(=C\C(Br)=C\c1ccccc1)C(=O)Nc1ccc2c(c1)OCCO2. The first-order chi connectivity index (χ1) is 12.7. The van der Waals surface area contributed by atoms with Gasteiger partial charge in [-0.05, 0) is 29.8 Å². The molecule has 0 bridgehead atoms. The fourth-order valence-electron chi connectivity index (χ4n) is 2.36. The van der Waals surface area contributed by atoms with Crippen LogP contribution in [0.25, 0.3) is 6.08 Å². The van der Waals surface area contributed by atoms with Crippen LogP contribution in [0.3, 0.4) is 0 Å². The number of nitriles is 1. The Kier molecular flexibility index (Phi) is 5.72. The van der Waals surface area contributed by atoms with Gasteiger partial charge in [0.25, 0.3) is 5.91 Å². The second-order valence-corrected chi connectivity index (χ2v) is 6.34. The zero-order valence-corrected chi connectivity index (χ0v) is 15.3. The van der Waals surface area contributed by atoms with E-state index in [1.807, 2.05) is 42.5 Å². The number of halogens is 1. The van der Waals surface area contributed by atoms with Crippen LogP contribution in [0, 0.1) is 11.3 Å². The molecule has 1 amide bonds. The van der Waals surface area contributed by atoms with E-state index >= 15 is 0 Å². The van der Waals surface area contributed by atoms with Crippen molar-refractivity contribution in [3.05, 3.63) is 70.2 Å². The van der Waals surface area contributed by atoms with Gasteiger partial charge >= 0.3 is 0 Å². The first kappa shape index (κ1) is 17.8. The van der Waals surface area contributed by atoms with Crippen molar-refractivity contribution in [2.24, 2.45) is 0 Å². The number of hydrogen-bond acceptors (Lipinski definition) is 4. The van der Waals surface area contributed by atoms with Crippen LogP contribution in [0.1, 0.15) is 5.56 Å². The second kappa shape index (κ2) is 8.37. The molecule has 0 radical (unpaired) electrons. The van der Waals surface area contributed by atoms with E-state index in [2.05, 4.69) is 21.2 Å². The van der Waals surface area contributed by atoms with Crippen molar-refractivity contribution in [2.45, 2.75) is 0 Å². The van der Waals surface area contributed by atoms with E-state index in [9.17, 15) is 10.1 Å². The van der Waals surface area contributed by atoms with Gasteiger partial charge in [-0.2, -0.15) is 5.26 Å². The Balaban J connectivity index is 1.75. The maximum absolute atomic E-state index is 12.4. The Morgan fingerprint density at radius 2 is 1.85 bits per heavy atom. The van der Waals surface area contributed by atoms with E-state index in [4.69, 9.17) is 9.47 Å². The van der Waals surface area contributed by atoms with Crippen LogP contribution in [-0.2, 0) is 4.79 Å². The Bertz CT molecular complexity index is 914. The summed E-state index contributed by atoms with van der Waals surface area (Å²) >= 11 is 3.38. The topological polar surface area (TPSA) is 71.4 Å². The molecule has 1 aliphatic rings. The van der Waals surface area contributed by atoms with Gasteiger partial charge in [-0.1, -0.05) is 46.3 Å². The molecule has 6 heteroatoms. The minimum absolute atomic E-state index is 0.0149. The van der Waals surface area contributed by atoms with Crippen LogP contribution < -0.4 is 14.8 Å². The van der Waals surface area contributed by atoms with Crippen molar-refractivity contribution in [3.8, 4) is 17.6 Å². The standard InChI is InChI=1S/C20H15BrN2O3/c21-16(10-14-4-2-1-3-5-14)11-15(13-22)20(24)23-17-6-7-18-19(12-17)26-9-8-25-18/h1-7,10-12H,8-9H2,(H,23,24)/b15-11+,16-10-. The van der Waals surface area contributed by atoms with Crippen LogP contribution >= 0.6 is 15.9 Å². The highest BCUT2D eigenvalue weighted by Crippen LogP contribution is 2.32. The molecule has 1 N–H and O–H groups in total. The number of nitrogens with zero attached hydrogens (tertiary/aromatic N) is 1. The predicted octanol–water partition coefficient (Wildman–Crippen LogP) is 4.28. The van der Waals surface area contributed by atoms with E-state index in [0.717, 1.165) is 5.56 Å². The highest BCUT2D eigenvalue weighted by atomic mass is 79.9. The van der Waals surface area contributed by atoms with E-state index < -0.39 is 5.91 Å². The number of hydrogen-bond donors (Lipinski definition) is 1. The van der Waals surface area contributed by atoms with Crippen LogP contribution in [0.5, 0.6) is 11.5 Å². The quantitative estimate of drug-likeness (QED) is 0.463. The van der Waals surface area contributed by atoms with Crippen LogP contribution in [-0.4, -0.2) is 19.1 Å². The lowest BCUT2D eigenvalue weighted by Gasteiger charge is -2.18. The monoisotopic (exact) mass is 410 g/mol. The number of fused-ring (bicyclic) bond motifs is 1. The molecule has 0 aliphatic carbocycles. The molecular formula is C20H15BrN2O3. The number of nitrogens with one attached hydrogen (secondary N) is 1. The summed E-state index contributed by atoms with van der Waals surface area (Å²) in [5.74, 6) is 0.711. The molecule has 2 aromatic rings. The highest BCUT2D eigenvalue weighted by Gasteiger charge is 2.14. The Morgan fingerprint density at radius 1 is 1.12 bits per heavy atom. The zero-order chi connectivity index (χ0) is 18.4. The van der Waals surface area contributed by atoms with E-state index in [1.165, 1.54) is 6.08 Å². The number of allylic oxidation sites excluding steroid dienone is 2. The van der Waals surface area contributed by atoms with Crippen LogP contribution in [0.15, 0.2) is 64.7 Å². The van der Waals surface area contributed by atoms with E-state index in [1.54, 1.807) is 18.2 Å². The van der Waals surface area contributed by atoms with Crippen molar-refractivity contribution in [2.75, 3.05) is 18.5 Å². The molecule has 130 valence electrons. The third-order valence-corrected chi connectivity index (χ3v) is 4.01. The Morgan fingerprint density at radius 3 is 2.58 bits per heavy atom. The molecule has 1 aliphatic heterocycles. The molecule has 0 unspecified atom stereocenters. The average Bonchev–Trinajstić information content (AvgIpc) is 2.66. The second-order valence-electron chi connectivity index (χ2n) is 5.42. The maximum Gasteiger partial charge on any atom is 0.266 e. The molecule has 26 heavy (non-hydrogen) atoms. The number of benzene rings is 2. The summed E-state index contributed by atoms with van der Waals surface area (Å²) in [5, 5.41) is 12.0. The zero-order valence-electron chi connectivity index (χ0n) is 13.7. The van der Waals surface area contributed by atoms with Gasteiger partial charge in [0.15, 0.2) is 11.5 Å². The van der Waals surface area contributed by atoms with Gasteiger partial charge in [-0.25, -0.2) is 0 Å². The number of ether oxygens (including phenoxy) is 2. The van der Waals surface area contributed by atoms with Crippen LogP contribution in [0.4, 0.5) is 5.69 Å². The lowest BCUT2D eigenvalue weighted by molar-refractivity contribution is -0.112. The molecule has 0 atom stereocenters. The largest absolute Gasteiger partial charge is 0.486 e. The number of carbonyl (C=O) groups is 1. The molecule has 2 aromatic carbocycles. The predicted molar refractivity (Wildman–Crippen MR) is 103 cm³/mol. The molecule has 0 saturated carbocycles. The smallest absolute Gasteiger partial charge is 0.266 e. The van der Waals surface area contributed by atoms with E-state index in [0.29, 0.717) is 34.9 Å². The molecule has 5 nitrogen and oxygen atoms in total. The summed E-state index contributed by atoms with van der Waals surface area (Å²) in [6.45, 7) is 0.965. The third kappa shape index (κ3) is 4.52. The minimum atomic E-state index is -0.498. The van der Waals surface area contributed by atoms with Gasteiger partial charge in [0.05, 0.1) is 0 Å². The Hall–Kier alpha value is -3.04. The summed E-state index contributed by atoms with van der Waals surface area (Å²) in [5.41, 5.74) is 1.47. The van der Waals surface area contributed by atoms with Crippen molar-refractivity contribution in [1.82, 2.24) is 0 Å². The van der Waals surface area contributed by atoms with Gasteiger partial charge in [0.2, 0.25) is 0 Å². The molecule has 3 rings (SSSR count). The van der Waals surface area contributed by atoms with Crippen LogP contribution in [0.2, 0.25) is 0 Å².